The van der Waals surface area contributed by atoms with Crippen molar-refractivity contribution < 1.29 is 33.8 Å². The molecule has 0 spiro atoms. The number of amides is 5. The van der Waals surface area contributed by atoms with Crippen LogP contribution >= 0.6 is 0 Å². The van der Waals surface area contributed by atoms with Crippen LogP contribution in [0.5, 0.6) is 5.75 Å². The number of nitrogens with one attached hydrogen (secondary N) is 4. The lowest BCUT2D eigenvalue weighted by atomic mass is 10.1. The average Bonchev–Trinajstić information content (AvgIpc) is 3.36. The van der Waals surface area contributed by atoms with Crippen molar-refractivity contribution in [2.24, 2.45) is 0 Å². The van der Waals surface area contributed by atoms with Crippen LogP contribution in [0.3, 0.4) is 0 Å². The van der Waals surface area contributed by atoms with Crippen molar-refractivity contribution in [3.05, 3.63) is 65.2 Å². The molecule has 5 N–H and O–H groups in total. The van der Waals surface area contributed by atoms with E-state index in [9.17, 15) is 29.1 Å². The van der Waals surface area contributed by atoms with E-state index < -0.39 is 48.7 Å². The van der Waals surface area contributed by atoms with E-state index in [0.29, 0.717) is 13.0 Å². The third-order valence-electron chi connectivity index (χ3n) is 6.67. The Morgan fingerprint density at radius 3 is 2.50 bits per heavy atom. The van der Waals surface area contributed by atoms with Crippen LogP contribution in [0.4, 0.5) is 0 Å². The molecule has 12 heteroatoms. The van der Waals surface area contributed by atoms with Gasteiger partial charge in [-0.3, -0.25) is 24.0 Å². The van der Waals surface area contributed by atoms with Crippen molar-refractivity contribution in [2.45, 2.75) is 44.4 Å². The molecular formula is C28H33N5O7. The van der Waals surface area contributed by atoms with Crippen LogP contribution in [0.25, 0.3) is 0 Å². The highest BCUT2D eigenvalue weighted by molar-refractivity contribution is 6.01. The Hall–Kier alpha value is -4.45. The average molecular weight is 552 g/mol. The van der Waals surface area contributed by atoms with Gasteiger partial charge < -0.3 is 36.0 Å². The fourth-order valence-corrected chi connectivity index (χ4v) is 4.48. The largest absolute Gasteiger partial charge is 0.491 e. The fourth-order valence-electron chi connectivity index (χ4n) is 4.48. The molecule has 1 fully saturated rings. The lowest BCUT2D eigenvalue weighted by Crippen LogP contribution is -2.53. The normalized spacial score (nSPS) is 20.4. The molecule has 2 aliphatic heterocycles. The molecule has 2 aliphatic rings. The monoisotopic (exact) mass is 551 g/mol. The second-order valence-electron chi connectivity index (χ2n) is 9.62. The van der Waals surface area contributed by atoms with Crippen LogP contribution in [0.15, 0.2) is 48.5 Å². The number of likely N-dealkylation sites (tertiary alicyclic amines) is 1. The Bertz CT molecular complexity index is 1250. The first-order valence-electron chi connectivity index (χ1n) is 13.2. The van der Waals surface area contributed by atoms with E-state index >= 15 is 0 Å². The highest BCUT2D eigenvalue weighted by Gasteiger charge is 2.28. The first-order valence-corrected chi connectivity index (χ1v) is 13.2. The molecule has 1 saturated heterocycles. The summed E-state index contributed by atoms with van der Waals surface area (Å²) in [5.74, 6) is -2.12. The van der Waals surface area contributed by atoms with Gasteiger partial charge in [0.25, 0.3) is 5.91 Å². The summed E-state index contributed by atoms with van der Waals surface area (Å²) in [5.41, 5.74) is 1.94. The molecule has 0 saturated carbocycles. The third-order valence-corrected chi connectivity index (χ3v) is 6.67. The lowest BCUT2D eigenvalue weighted by molar-refractivity contribution is -0.131. The van der Waals surface area contributed by atoms with Gasteiger partial charge in [0.15, 0.2) is 0 Å². The number of nitrogens with zero attached hydrogens (tertiary/aromatic N) is 1. The molecule has 0 radical (unpaired) electrons. The van der Waals surface area contributed by atoms with Gasteiger partial charge in [-0.05, 0) is 29.7 Å². The molecule has 212 valence electrons. The minimum atomic E-state index is -1.27. The van der Waals surface area contributed by atoms with E-state index in [1.54, 1.807) is 18.2 Å². The summed E-state index contributed by atoms with van der Waals surface area (Å²) >= 11 is 0. The molecule has 2 aromatic rings. The first kappa shape index (κ1) is 28.6. The zero-order chi connectivity index (χ0) is 28.5. The van der Waals surface area contributed by atoms with Crippen LogP contribution in [0.1, 0.15) is 40.7 Å². The number of benzene rings is 2. The van der Waals surface area contributed by atoms with Crippen molar-refractivity contribution in [1.82, 2.24) is 26.2 Å². The third kappa shape index (κ3) is 7.56. The zero-order valence-corrected chi connectivity index (χ0v) is 22.0. The standard InChI is InChI=1S/C28H33N5O7/c34-17-22-28(39)29-11-13-40-23-5-2-1-4-20(23)26(37)32-21(14-24(35)31-22)27(38)30-15-18-7-9-19(10-8-18)16-33-12-3-6-25(33)36/h1-2,4-5,7-10,21-22,34H,3,6,11-17H2,(H,29,39)(H,30,38)(H,31,35)(H,32,37)/t21-,22-/m0/s1. The molecule has 12 nitrogen and oxygen atoms in total. The number of fused-ring (bicyclic) bond motifs is 1. The summed E-state index contributed by atoms with van der Waals surface area (Å²) in [5, 5.41) is 19.9. The van der Waals surface area contributed by atoms with Gasteiger partial charge in [-0.1, -0.05) is 36.4 Å². The van der Waals surface area contributed by atoms with Gasteiger partial charge in [0, 0.05) is 26.1 Å². The quantitative estimate of drug-likeness (QED) is 0.326. The van der Waals surface area contributed by atoms with Gasteiger partial charge >= 0.3 is 0 Å². The van der Waals surface area contributed by atoms with Crippen LogP contribution in [0, 0.1) is 0 Å². The van der Waals surface area contributed by atoms with Crippen LogP contribution in [0.2, 0.25) is 0 Å². The van der Waals surface area contributed by atoms with E-state index in [1.807, 2.05) is 29.2 Å². The number of hydrogen-bond donors (Lipinski definition) is 5. The van der Waals surface area contributed by atoms with Gasteiger partial charge in [-0.25, -0.2) is 0 Å². The Morgan fingerprint density at radius 1 is 1.02 bits per heavy atom. The topological polar surface area (TPSA) is 166 Å². The minimum absolute atomic E-state index is 0.0408. The molecular weight excluding hydrogens is 518 g/mol. The van der Waals surface area contributed by atoms with Crippen LogP contribution in [-0.2, 0) is 32.3 Å². The lowest BCUT2D eigenvalue weighted by Gasteiger charge is -2.22. The Labute approximate surface area is 231 Å². The Morgan fingerprint density at radius 2 is 1.77 bits per heavy atom. The van der Waals surface area contributed by atoms with Gasteiger partial charge in [0.2, 0.25) is 23.6 Å². The van der Waals surface area contributed by atoms with Crippen molar-refractivity contribution in [3.8, 4) is 5.75 Å². The number of ether oxygens (including phenoxy) is 1. The highest BCUT2D eigenvalue weighted by Crippen LogP contribution is 2.18. The van der Waals surface area contributed by atoms with Crippen LogP contribution in [-0.4, -0.2) is 77.9 Å². The SMILES string of the molecule is O=C1C[C@@H](C(=O)NCc2ccc(CN3CCCC3=O)cc2)NC(=O)c2ccccc2OCCNC(=O)[C@H](CO)N1. The molecule has 0 aliphatic carbocycles. The molecule has 0 unspecified atom stereocenters. The number of hydrogen-bond acceptors (Lipinski definition) is 7. The van der Waals surface area contributed by atoms with Gasteiger partial charge in [0.05, 0.1) is 25.1 Å². The van der Waals surface area contributed by atoms with Crippen molar-refractivity contribution in [3.63, 3.8) is 0 Å². The predicted molar refractivity (Wildman–Crippen MR) is 143 cm³/mol. The number of aliphatic hydroxyl groups is 1. The van der Waals surface area contributed by atoms with E-state index in [2.05, 4.69) is 21.3 Å². The van der Waals surface area contributed by atoms with Crippen LogP contribution < -0.4 is 26.0 Å². The number of carbonyl (C=O) groups is 5. The van der Waals surface area contributed by atoms with E-state index in [4.69, 9.17) is 4.74 Å². The number of carbonyl (C=O) groups excluding carboxylic acids is 5. The zero-order valence-electron chi connectivity index (χ0n) is 22.0. The van der Waals surface area contributed by atoms with Gasteiger partial charge in [-0.15, -0.1) is 0 Å². The first-order chi connectivity index (χ1) is 19.3. The second kappa shape index (κ2) is 13.6. The Kier molecular flexibility index (Phi) is 9.68. The molecule has 2 heterocycles. The Balaban J connectivity index is 1.45. The molecule has 0 aromatic heterocycles. The molecule has 4 rings (SSSR count). The summed E-state index contributed by atoms with van der Waals surface area (Å²) < 4.78 is 5.65. The van der Waals surface area contributed by atoms with Crippen molar-refractivity contribution >= 4 is 29.5 Å². The molecule has 40 heavy (non-hydrogen) atoms. The maximum atomic E-state index is 13.2. The summed E-state index contributed by atoms with van der Waals surface area (Å²) in [4.78, 5) is 65.0. The van der Waals surface area contributed by atoms with Gasteiger partial charge in [0.1, 0.15) is 24.4 Å². The second-order valence-corrected chi connectivity index (χ2v) is 9.62. The summed E-state index contributed by atoms with van der Waals surface area (Å²) in [6.45, 7) is 0.899. The van der Waals surface area contributed by atoms with E-state index in [1.165, 1.54) is 6.07 Å². The molecule has 2 aromatic carbocycles. The summed E-state index contributed by atoms with van der Waals surface area (Å²) in [6, 6.07) is 11.4. The van der Waals surface area contributed by atoms with E-state index in [0.717, 1.165) is 24.1 Å². The van der Waals surface area contributed by atoms with Gasteiger partial charge in [-0.2, -0.15) is 0 Å². The molecule has 0 bridgehead atoms. The van der Waals surface area contributed by atoms with Crippen molar-refractivity contribution in [2.75, 3.05) is 26.3 Å². The maximum absolute atomic E-state index is 13.2. The number of rotatable bonds is 6. The minimum Gasteiger partial charge on any atom is -0.491 e. The molecule has 2 atom stereocenters. The fraction of sp³-hybridized carbons (Fsp3) is 0.393. The summed E-state index contributed by atoms with van der Waals surface area (Å²) in [6.07, 6.45) is 0.977. The number of aliphatic hydroxyl groups excluding tert-OH is 1. The summed E-state index contributed by atoms with van der Waals surface area (Å²) in [7, 11) is 0. The highest BCUT2D eigenvalue weighted by atomic mass is 16.5. The molecule has 5 amide bonds. The predicted octanol–water partition coefficient (Wildman–Crippen LogP) is -0.400. The van der Waals surface area contributed by atoms with Crippen molar-refractivity contribution in [1.29, 1.82) is 0 Å². The van der Waals surface area contributed by atoms with E-state index in [-0.39, 0.29) is 36.9 Å². The number of para-hydroxylation sites is 1. The smallest absolute Gasteiger partial charge is 0.255 e. The maximum Gasteiger partial charge on any atom is 0.255 e.